The number of nitrogens with zero attached hydrogens (tertiary/aromatic N) is 1. The first-order chi connectivity index (χ1) is 9.56. The van der Waals surface area contributed by atoms with Gasteiger partial charge in [0.2, 0.25) is 5.91 Å². The average Bonchev–Trinajstić information content (AvgIpc) is 2.38. The van der Waals surface area contributed by atoms with E-state index in [0.717, 1.165) is 19.6 Å². The Morgan fingerprint density at radius 1 is 1.50 bits per heavy atom. The van der Waals surface area contributed by atoms with Gasteiger partial charge in [0, 0.05) is 25.7 Å². The lowest BCUT2D eigenvalue weighted by atomic mass is 10.0. The largest absolute Gasteiger partial charge is 0.348 e. The van der Waals surface area contributed by atoms with Crippen molar-refractivity contribution < 1.29 is 4.79 Å². The predicted octanol–water partition coefficient (Wildman–Crippen LogP) is 1.47. The van der Waals surface area contributed by atoms with Crippen LogP contribution in [0.4, 0.5) is 0 Å². The maximum absolute atomic E-state index is 12.1. The van der Waals surface area contributed by atoms with Crippen molar-refractivity contribution >= 4 is 5.91 Å². The van der Waals surface area contributed by atoms with Gasteiger partial charge in [-0.25, -0.2) is 0 Å². The van der Waals surface area contributed by atoms with E-state index in [-0.39, 0.29) is 11.9 Å². The molecule has 2 N–H and O–H groups in total. The highest BCUT2D eigenvalue weighted by Crippen LogP contribution is 2.16. The minimum atomic E-state index is 0.0593. The van der Waals surface area contributed by atoms with E-state index < -0.39 is 0 Å². The summed E-state index contributed by atoms with van der Waals surface area (Å²) >= 11 is 0. The molecule has 1 unspecified atom stereocenters. The second-order valence-electron chi connectivity index (χ2n) is 5.74. The van der Waals surface area contributed by atoms with Crippen LogP contribution >= 0.6 is 0 Å². The van der Waals surface area contributed by atoms with Crippen LogP contribution in [0, 0.1) is 6.92 Å². The van der Waals surface area contributed by atoms with Crippen LogP contribution in [0.3, 0.4) is 0 Å². The normalized spacial score (nSPS) is 21.4. The SMILES string of the molecule is Cc1ccccc1C(C)NC(=O)CN1CCN[C@@H](C)C1. The summed E-state index contributed by atoms with van der Waals surface area (Å²) in [6.45, 7) is 9.60. The smallest absolute Gasteiger partial charge is 0.234 e. The van der Waals surface area contributed by atoms with Crippen LogP contribution in [-0.4, -0.2) is 43.0 Å². The van der Waals surface area contributed by atoms with Crippen molar-refractivity contribution in [1.82, 2.24) is 15.5 Å². The summed E-state index contributed by atoms with van der Waals surface area (Å²) in [6, 6.07) is 8.72. The van der Waals surface area contributed by atoms with Crippen molar-refractivity contribution in [3.05, 3.63) is 35.4 Å². The number of piperazine rings is 1. The third-order valence-electron chi connectivity index (χ3n) is 3.85. The number of benzene rings is 1. The summed E-state index contributed by atoms with van der Waals surface area (Å²) in [4.78, 5) is 14.3. The van der Waals surface area contributed by atoms with Gasteiger partial charge in [0.15, 0.2) is 0 Å². The van der Waals surface area contributed by atoms with E-state index in [1.54, 1.807) is 0 Å². The van der Waals surface area contributed by atoms with Gasteiger partial charge in [-0.15, -0.1) is 0 Å². The van der Waals surface area contributed by atoms with Gasteiger partial charge in [-0.05, 0) is 31.9 Å². The molecule has 1 aliphatic rings. The van der Waals surface area contributed by atoms with Gasteiger partial charge in [0.1, 0.15) is 0 Å². The molecule has 1 aromatic rings. The zero-order valence-corrected chi connectivity index (χ0v) is 12.6. The summed E-state index contributed by atoms with van der Waals surface area (Å²) < 4.78 is 0. The quantitative estimate of drug-likeness (QED) is 0.874. The van der Waals surface area contributed by atoms with Gasteiger partial charge in [0.25, 0.3) is 0 Å². The van der Waals surface area contributed by atoms with Crippen molar-refractivity contribution in [3.8, 4) is 0 Å². The second kappa shape index (κ2) is 6.86. The molecule has 1 saturated heterocycles. The maximum atomic E-state index is 12.1. The molecule has 110 valence electrons. The maximum Gasteiger partial charge on any atom is 0.234 e. The van der Waals surface area contributed by atoms with Crippen LogP contribution < -0.4 is 10.6 Å². The van der Waals surface area contributed by atoms with Gasteiger partial charge < -0.3 is 10.6 Å². The molecule has 0 radical (unpaired) electrons. The van der Waals surface area contributed by atoms with Crippen LogP contribution in [0.25, 0.3) is 0 Å². The molecule has 0 bridgehead atoms. The highest BCUT2D eigenvalue weighted by Gasteiger charge is 2.19. The molecular formula is C16H25N3O. The fraction of sp³-hybridized carbons (Fsp3) is 0.562. The molecule has 1 amide bonds. The molecule has 4 nitrogen and oxygen atoms in total. The Bertz CT molecular complexity index is 461. The topological polar surface area (TPSA) is 44.4 Å². The first-order valence-corrected chi connectivity index (χ1v) is 7.37. The number of carbonyl (C=O) groups is 1. The van der Waals surface area contributed by atoms with Crippen LogP contribution in [-0.2, 0) is 4.79 Å². The van der Waals surface area contributed by atoms with Crippen molar-refractivity contribution in [3.63, 3.8) is 0 Å². The van der Waals surface area contributed by atoms with Crippen molar-refractivity contribution in [2.75, 3.05) is 26.2 Å². The Labute approximate surface area is 121 Å². The molecule has 0 spiro atoms. The zero-order valence-electron chi connectivity index (χ0n) is 12.6. The van der Waals surface area contributed by atoms with Crippen LogP contribution in [0.15, 0.2) is 24.3 Å². The van der Waals surface area contributed by atoms with Crippen molar-refractivity contribution in [1.29, 1.82) is 0 Å². The van der Waals surface area contributed by atoms with E-state index in [1.165, 1.54) is 11.1 Å². The number of rotatable bonds is 4. The molecule has 2 rings (SSSR count). The third-order valence-corrected chi connectivity index (χ3v) is 3.85. The Morgan fingerprint density at radius 2 is 2.25 bits per heavy atom. The monoisotopic (exact) mass is 275 g/mol. The Kier molecular flexibility index (Phi) is 5.15. The molecule has 0 aromatic heterocycles. The lowest BCUT2D eigenvalue weighted by molar-refractivity contribution is -0.123. The molecule has 0 aliphatic carbocycles. The molecule has 0 saturated carbocycles. The predicted molar refractivity (Wildman–Crippen MR) is 81.6 cm³/mol. The highest BCUT2D eigenvalue weighted by molar-refractivity contribution is 5.78. The molecule has 4 heteroatoms. The summed E-state index contributed by atoms with van der Waals surface area (Å²) in [5.41, 5.74) is 2.41. The Hall–Kier alpha value is -1.39. The van der Waals surface area contributed by atoms with Gasteiger partial charge in [-0.3, -0.25) is 9.69 Å². The van der Waals surface area contributed by atoms with Crippen LogP contribution in [0.1, 0.15) is 31.0 Å². The van der Waals surface area contributed by atoms with E-state index >= 15 is 0 Å². The van der Waals surface area contributed by atoms with Gasteiger partial charge >= 0.3 is 0 Å². The van der Waals surface area contributed by atoms with Crippen LogP contribution in [0.5, 0.6) is 0 Å². The van der Waals surface area contributed by atoms with E-state index in [9.17, 15) is 4.79 Å². The highest BCUT2D eigenvalue weighted by atomic mass is 16.2. The first kappa shape index (κ1) is 15.0. The van der Waals surface area contributed by atoms with Gasteiger partial charge in [-0.1, -0.05) is 24.3 Å². The van der Waals surface area contributed by atoms with Crippen LogP contribution in [0.2, 0.25) is 0 Å². The average molecular weight is 275 g/mol. The molecule has 20 heavy (non-hydrogen) atoms. The Balaban J connectivity index is 1.86. The summed E-state index contributed by atoms with van der Waals surface area (Å²) in [7, 11) is 0. The fourth-order valence-corrected chi connectivity index (χ4v) is 2.80. The molecule has 1 aliphatic heterocycles. The molecule has 1 aromatic carbocycles. The second-order valence-corrected chi connectivity index (χ2v) is 5.74. The zero-order chi connectivity index (χ0) is 14.5. The number of carbonyl (C=O) groups excluding carboxylic acids is 1. The minimum Gasteiger partial charge on any atom is -0.348 e. The number of nitrogens with one attached hydrogen (secondary N) is 2. The van der Waals surface area contributed by atoms with Crippen molar-refractivity contribution in [2.45, 2.75) is 32.9 Å². The number of aryl methyl sites for hydroxylation is 1. The van der Waals surface area contributed by atoms with E-state index in [2.05, 4.69) is 41.5 Å². The van der Waals surface area contributed by atoms with E-state index in [0.29, 0.717) is 12.6 Å². The number of hydrogen-bond donors (Lipinski definition) is 2. The number of amides is 1. The molecular weight excluding hydrogens is 250 g/mol. The van der Waals surface area contributed by atoms with E-state index in [4.69, 9.17) is 0 Å². The standard InChI is InChI=1S/C16H25N3O/c1-12-6-4-5-7-15(12)14(3)18-16(20)11-19-9-8-17-13(2)10-19/h4-7,13-14,17H,8-11H2,1-3H3,(H,18,20)/t13-,14?/m0/s1. The summed E-state index contributed by atoms with van der Waals surface area (Å²) in [5.74, 6) is 0.106. The number of hydrogen-bond acceptors (Lipinski definition) is 3. The minimum absolute atomic E-state index is 0.0593. The Morgan fingerprint density at radius 3 is 2.95 bits per heavy atom. The lowest BCUT2D eigenvalue weighted by Crippen LogP contribution is -2.51. The molecule has 2 atom stereocenters. The van der Waals surface area contributed by atoms with Crippen molar-refractivity contribution in [2.24, 2.45) is 0 Å². The summed E-state index contributed by atoms with van der Waals surface area (Å²) in [5, 5.41) is 6.48. The fourth-order valence-electron chi connectivity index (χ4n) is 2.80. The van der Waals surface area contributed by atoms with Gasteiger partial charge in [-0.2, -0.15) is 0 Å². The van der Waals surface area contributed by atoms with Gasteiger partial charge in [0.05, 0.1) is 12.6 Å². The van der Waals surface area contributed by atoms with E-state index in [1.807, 2.05) is 19.1 Å². The molecule has 1 heterocycles. The first-order valence-electron chi connectivity index (χ1n) is 7.37. The third kappa shape index (κ3) is 4.05. The lowest BCUT2D eigenvalue weighted by Gasteiger charge is -2.31. The molecule has 1 fully saturated rings. The summed E-state index contributed by atoms with van der Waals surface area (Å²) in [6.07, 6.45) is 0.